The maximum atomic E-state index is 2.54. The summed E-state index contributed by atoms with van der Waals surface area (Å²) in [5.74, 6) is 0. The second kappa shape index (κ2) is 15.7. The van der Waals surface area contributed by atoms with Crippen LogP contribution in [0.15, 0.2) is 249 Å². The van der Waals surface area contributed by atoms with E-state index in [4.69, 9.17) is 0 Å². The van der Waals surface area contributed by atoms with Gasteiger partial charge in [0, 0.05) is 31.4 Å². The molecule has 1 heterocycles. The van der Waals surface area contributed by atoms with Crippen molar-refractivity contribution in [3.8, 4) is 44.5 Å². The van der Waals surface area contributed by atoms with Crippen molar-refractivity contribution in [1.29, 1.82) is 0 Å². The predicted octanol–water partition coefficient (Wildman–Crippen LogP) is 18.8. The third kappa shape index (κ3) is 6.30. The normalized spacial score (nSPS) is 11.6. The monoisotopic (exact) mass is 855 g/mol. The molecule has 0 N–H and O–H groups in total. The molecule has 0 fully saturated rings. The number of anilines is 3. The topological polar surface area (TPSA) is 3.24 Å². The second-order valence-corrected chi connectivity index (χ2v) is 18.2. The van der Waals surface area contributed by atoms with Gasteiger partial charge in [0.15, 0.2) is 0 Å². The molecule has 13 aromatic rings. The lowest BCUT2D eigenvalue weighted by molar-refractivity contribution is 1.30. The van der Waals surface area contributed by atoms with Gasteiger partial charge in [-0.25, -0.2) is 0 Å². The Morgan fingerprint density at radius 3 is 1.73 bits per heavy atom. The maximum Gasteiger partial charge on any atom is 0.0555 e. The van der Waals surface area contributed by atoms with Crippen molar-refractivity contribution < 1.29 is 0 Å². The van der Waals surface area contributed by atoms with Gasteiger partial charge in [-0.2, -0.15) is 0 Å². The highest BCUT2D eigenvalue weighted by Crippen LogP contribution is 2.51. The highest BCUT2D eigenvalue weighted by Gasteiger charge is 2.24. The standard InChI is InChI=1S/C64H41NS/c1-2-18-43(19-3-1)50-38-36-48(41-58(50)47-34-33-42-17-4-5-21-45(42)39-47)65(61-31-16-32-62-63(61)57-37-35-44-20-6-9-24-51(44)64(57)66-62)60-30-15-14-29-56(60)53-26-11-13-28-55(53)59-40-46-22-7-8-23-49(46)52-25-10-12-27-54(52)59/h1-41H. The number of rotatable bonds is 7. The van der Waals surface area contributed by atoms with Crippen LogP contribution < -0.4 is 4.90 Å². The molecule has 1 nitrogen and oxygen atoms in total. The molecule has 0 spiro atoms. The molecule has 0 radical (unpaired) electrons. The largest absolute Gasteiger partial charge is 0.309 e. The zero-order chi connectivity index (χ0) is 43.6. The molecule has 308 valence electrons. The van der Waals surface area contributed by atoms with Crippen molar-refractivity contribution >= 4 is 91.7 Å². The summed E-state index contributed by atoms with van der Waals surface area (Å²) in [6, 6.07) is 91.8. The third-order valence-corrected chi connectivity index (χ3v) is 14.6. The Hall–Kier alpha value is -8.30. The van der Waals surface area contributed by atoms with Crippen molar-refractivity contribution in [3.05, 3.63) is 249 Å². The molecule has 0 aliphatic heterocycles. The summed E-state index contributed by atoms with van der Waals surface area (Å²) in [5, 5.41) is 12.5. The summed E-state index contributed by atoms with van der Waals surface area (Å²) in [6.07, 6.45) is 0. The fraction of sp³-hybridized carbons (Fsp3) is 0. The third-order valence-electron chi connectivity index (χ3n) is 13.4. The van der Waals surface area contributed by atoms with Gasteiger partial charge in [0.2, 0.25) is 0 Å². The summed E-state index contributed by atoms with van der Waals surface area (Å²) >= 11 is 1.89. The maximum absolute atomic E-state index is 2.54. The minimum absolute atomic E-state index is 1.09. The summed E-state index contributed by atoms with van der Waals surface area (Å²) in [6.45, 7) is 0. The van der Waals surface area contributed by atoms with Gasteiger partial charge in [0.1, 0.15) is 0 Å². The fourth-order valence-corrected chi connectivity index (χ4v) is 11.7. The van der Waals surface area contributed by atoms with Crippen molar-refractivity contribution in [2.75, 3.05) is 4.90 Å². The summed E-state index contributed by atoms with van der Waals surface area (Å²) in [7, 11) is 0. The first-order valence-corrected chi connectivity index (χ1v) is 23.5. The molecular formula is C64H41NS. The van der Waals surface area contributed by atoms with E-state index in [1.807, 2.05) is 11.3 Å². The van der Waals surface area contributed by atoms with E-state index in [9.17, 15) is 0 Å². The van der Waals surface area contributed by atoms with Crippen LogP contribution >= 0.6 is 11.3 Å². The molecule has 0 aliphatic rings. The molecule has 1 aromatic heterocycles. The Balaban J connectivity index is 1.10. The lowest BCUT2D eigenvalue weighted by atomic mass is 9.88. The highest BCUT2D eigenvalue weighted by atomic mass is 32.1. The van der Waals surface area contributed by atoms with Gasteiger partial charge in [-0.15, -0.1) is 11.3 Å². The van der Waals surface area contributed by atoms with Crippen molar-refractivity contribution in [2.45, 2.75) is 0 Å². The van der Waals surface area contributed by atoms with Gasteiger partial charge >= 0.3 is 0 Å². The molecule has 0 bridgehead atoms. The van der Waals surface area contributed by atoms with Gasteiger partial charge in [0.25, 0.3) is 0 Å². The van der Waals surface area contributed by atoms with Gasteiger partial charge in [-0.3, -0.25) is 0 Å². The molecule has 12 aromatic carbocycles. The quantitative estimate of drug-likeness (QED) is 0.144. The molecule has 2 heteroatoms. The minimum Gasteiger partial charge on any atom is -0.309 e. The summed E-state index contributed by atoms with van der Waals surface area (Å²) < 4.78 is 2.58. The number of nitrogens with zero attached hydrogens (tertiary/aromatic N) is 1. The Kier molecular flexibility index (Phi) is 9.11. The average Bonchev–Trinajstić information content (AvgIpc) is 3.79. The minimum atomic E-state index is 1.09. The van der Waals surface area contributed by atoms with Crippen LogP contribution in [0.5, 0.6) is 0 Å². The Labute approximate surface area is 387 Å². The van der Waals surface area contributed by atoms with E-state index in [2.05, 4.69) is 254 Å². The molecule has 66 heavy (non-hydrogen) atoms. The lowest BCUT2D eigenvalue weighted by Gasteiger charge is -2.30. The Morgan fingerprint density at radius 2 is 0.894 bits per heavy atom. The van der Waals surface area contributed by atoms with Gasteiger partial charge in [0.05, 0.1) is 11.4 Å². The highest BCUT2D eigenvalue weighted by molar-refractivity contribution is 7.26. The molecule has 0 saturated heterocycles. The van der Waals surface area contributed by atoms with Crippen LogP contribution in [-0.2, 0) is 0 Å². The van der Waals surface area contributed by atoms with Crippen LogP contribution in [0.25, 0.3) is 108 Å². The SMILES string of the molecule is c1ccc(-c2ccc(N(c3ccccc3-c3ccccc3-c3cc4ccccc4c4ccccc34)c3cccc4sc5c6ccccc6ccc5c34)cc2-c2ccc3ccccc3c2)cc1. The first-order chi connectivity index (χ1) is 32.7. The summed E-state index contributed by atoms with van der Waals surface area (Å²) in [5.41, 5.74) is 12.9. The number of thiophene rings is 1. The lowest BCUT2D eigenvalue weighted by Crippen LogP contribution is -2.12. The molecule has 0 saturated carbocycles. The van der Waals surface area contributed by atoms with E-state index >= 15 is 0 Å². The van der Waals surface area contributed by atoms with Crippen molar-refractivity contribution in [1.82, 2.24) is 0 Å². The average molecular weight is 856 g/mol. The van der Waals surface area contributed by atoms with Crippen LogP contribution in [0.1, 0.15) is 0 Å². The number of hydrogen-bond acceptors (Lipinski definition) is 2. The number of fused-ring (bicyclic) bond motifs is 9. The van der Waals surface area contributed by atoms with E-state index in [1.54, 1.807) is 0 Å². The van der Waals surface area contributed by atoms with E-state index in [-0.39, 0.29) is 0 Å². The van der Waals surface area contributed by atoms with Crippen LogP contribution in [-0.4, -0.2) is 0 Å². The molecule has 0 unspecified atom stereocenters. The Bertz CT molecular complexity index is 4010. The van der Waals surface area contributed by atoms with Crippen LogP contribution in [0, 0.1) is 0 Å². The first-order valence-electron chi connectivity index (χ1n) is 22.7. The van der Waals surface area contributed by atoms with E-state index in [1.165, 1.54) is 102 Å². The number of hydrogen-bond donors (Lipinski definition) is 0. The molecule has 0 aliphatic carbocycles. The van der Waals surface area contributed by atoms with Gasteiger partial charge in [-0.05, 0) is 124 Å². The van der Waals surface area contributed by atoms with E-state index < -0.39 is 0 Å². The summed E-state index contributed by atoms with van der Waals surface area (Å²) in [4.78, 5) is 2.54. The molecular weight excluding hydrogens is 815 g/mol. The van der Waals surface area contributed by atoms with E-state index in [0.717, 1.165) is 22.6 Å². The zero-order valence-electron chi connectivity index (χ0n) is 36.0. The first kappa shape index (κ1) is 38.2. The van der Waals surface area contributed by atoms with Gasteiger partial charge in [-0.1, -0.05) is 206 Å². The predicted molar refractivity (Wildman–Crippen MR) is 286 cm³/mol. The van der Waals surface area contributed by atoms with Gasteiger partial charge < -0.3 is 4.90 Å². The Morgan fingerprint density at radius 1 is 0.273 bits per heavy atom. The van der Waals surface area contributed by atoms with Crippen LogP contribution in [0.4, 0.5) is 17.1 Å². The van der Waals surface area contributed by atoms with Crippen LogP contribution in [0.2, 0.25) is 0 Å². The smallest absolute Gasteiger partial charge is 0.0555 e. The number of benzene rings is 12. The van der Waals surface area contributed by atoms with Crippen molar-refractivity contribution in [3.63, 3.8) is 0 Å². The molecule has 13 rings (SSSR count). The second-order valence-electron chi connectivity index (χ2n) is 17.2. The number of para-hydroxylation sites is 1. The fourth-order valence-electron chi connectivity index (χ4n) is 10.4. The molecule has 0 amide bonds. The molecule has 0 atom stereocenters. The zero-order valence-corrected chi connectivity index (χ0v) is 36.8. The van der Waals surface area contributed by atoms with Crippen molar-refractivity contribution in [2.24, 2.45) is 0 Å². The van der Waals surface area contributed by atoms with Crippen LogP contribution in [0.3, 0.4) is 0 Å². The van der Waals surface area contributed by atoms with E-state index in [0.29, 0.717) is 0 Å².